The van der Waals surface area contributed by atoms with Crippen LogP contribution >= 0.6 is 11.6 Å². The molecule has 0 radical (unpaired) electrons. The molecule has 2 aromatic heterocycles. The molecule has 4 rings (SSSR count). The normalized spacial score (nSPS) is 16.9. The first-order valence-electron chi connectivity index (χ1n) is 9.54. The second kappa shape index (κ2) is 8.15. The van der Waals surface area contributed by atoms with Gasteiger partial charge in [-0.3, -0.25) is 4.79 Å². The van der Waals surface area contributed by atoms with Crippen molar-refractivity contribution in [3.63, 3.8) is 0 Å². The molecule has 1 atom stereocenters. The van der Waals surface area contributed by atoms with E-state index in [-0.39, 0.29) is 11.9 Å². The van der Waals surface area contributed by atoms with Crippen LogP contribution in [0.25, 0.3) is 0 Å². The molecule has 1 fully saturated rings. The number of rotatable bonds is 4. The predicted octanol–water partition coefficient (Wildman–Crippen LogP) is 4.99. The van der Waals surface area contributed by atoms with E-state index in [4.69, 9.17) is 16.0 Å². The van der Waals surface area contributed by atoms with E-state index in [1.807, 2.05) is 48.2 Å². The number of piperidine rings is 1. The number of hydrogen-bond acceptors (Lipinski definition) is 4. The van der Waals surface area contributed by atoms with Crippen LogP contribution in [0, 0.1) is 6.92 Å². The Hall–Kier alpha value is -2.66. The Morgan fingerprint density at radius 2 is 2.11 bits per heavy atom. The monoisotopic (exact) mass is 395 g/mol. The van der Waals surface area contributed by atoms with Gasteiger partial charge in [-0.25, -0.2) is 9.97 Å². The van der Waals surface area contributed by atoms with Gasteiger partial charge in [0.1, 0.15) is 17.5 Å². The van der Waals surface area contributed by atoms with E-state index in [1.165, 1.54) is 0 Å². The number of halogens is 1. The fraction of sp³-hybridized carbons (Fsp3) is 0.318. The molecule has 0 saturated carbocycles. The van der Waals surface area contributed by atoms with Crippen LogP contribution in [0.3, 0.4) is 0 Å². The molecule has 0 N–H and O–H groups in total. The van der Waals surface area contributed by atoms with E-state index in [0.29, 0.717) is 29.6 Å². The third-order valence-corrected chi connectivity index (χ3v) is 5.23. The van der Waals surface area contributed by atoms with Gasteiger partial charge in [-0.05, 0) is 56.0 Å². The lowest BCUT2D eigenvalue weighted by Crippen LogP contribution is -2.39. The summed E-state index contributed by atoms with van der Waals surface area (Å²) in [6.07, 6.45) is 5.23. The quantitative estimate of drug-likeness (QED) is 0.624. The van der Waals surface area contributed by atoms with Crippen molar-refractivity contribution >= 4 is 17.5 Å². The number of hydrogen-bond donors (Lipinski definition) is 0. The molecule has 1 amide bonds. The molecule has 1 aliphatic heterocycles. The van der Waals surface area contributed by atoms with E-state index < -0.39 is 0 Å². The van der Waals surface area contributed by atoms with Gasteiger partial charge in [-0.15, -0.1) is 0 Å². The van der Waals surface area contributed by atoms with Gasteiger partial charge in [0.15, 0.2) is 0 Å². The summed E-state index contributed by atoms with van der Waals surface area (Å²) in [5.74, 6) is 1.30. The van der Waals surface area contributed by atoms with Crippen molar-refractivity contribution in [2.45, 2.75) is 38.6 Å². The first-order valence-corrected chi connectivity index (χ1v) is 9.91. The molecule has 0 unspecified atom stereocenters. The van der Waals surface area contributed by atoms with Gasteiger partial charge in [0.2, 0.25) is 5.89 Å². The number of carbonyl (C=O) groups is 1. The van der Waals surface area contributed by atoms with E-state index in [1.54, 1.807) is 12.3 Å². The Kier molecular flexibility index (Phi) is 5.44. The molecule has 1 saturated heterocycles. The van der Waals surface area contributed by atoms with Crippen molar-refractivity contribution < 1.29 is 9.21 Å². The first kappa shape index (κ1) is 18.7. The summed E-state index contributed by atoms with van der Waals surface area (Å²) in [5, 5.41) is 0.701. The molecule has 0 spiro atoms. The molecule has 6 heteroatoms. The van der Waals surface area contributed by atoms with Gasteiger partial charge in [-0.2, -0.15) is 0 Å². The van der Waals surface area contributed by atoms with Gasteiger partial charge in [0, 0.05) is 23.7 Å². The smallest absolute Gasteiger partial charge is 0.273 e. The first-order chi connectivity index (χ1) is 13.6. The van der Waals surface area contributed by atoms with Crippen LogP contribution in [0.2, 0.25) is 5.02 Å². The number of aryl methyl sites for hydroxylation is 1. The highest BCUT2D eigenvalue weighted by Gasteiger charge is 2.32. The van der Waals surface area contributed by atoms with Gasteiger partial charge in [-0.1, -0.05) is 29.8 Å². The molecule has 0 bridgehead atoms. The third-order valence-electron chi connectivity index (χ3n) is 4.99. The number of oxazole rings is 1. The second-order valence-electron chi connectivity index (χ2n) is 7.15. The molecule has 5 nitrogen and oxygen atoms in total. The molecular formula is C22H22ClN3O2. The zero-order chi connectivity index (χ0) is 19.5. The Labute approximate surface area is 169 Å². The zero-order valence-electron chi connectivity index (χ0n) is 15.8. The van der Waals surface area contributed by atoms with Crippen LogP contribution in [0.4, 0.5) is 0 Å². The van der Waals surface area contributed by atoms with Gasteiger partial charge in [0.05, 0.1) is 6.20 Å². The minimum Gasteiger partial charge on any atom is -0.443 e. The molecule has 1 aliphatic rings. The van der Waals surface area contributed by atoms with Gasteiger partial charge in [0.25, 0.3) is 5.91 Å². The van der Waals surface area contributed by atoms with Crippen LogP contribution in [0.5, 0.6) is 0 Å². The predicted molar refractivity (Wildman–Crippen MR) is 107 cm³/mol. The van der Waals surface area contributed by atoms with E-state index in [2.05, 4.69) is 9.97 Å². The average molecular weight is 396 g/mol. The maximum atomic E-state index is 13.1. The second-order valence-corrected chi connectivity index (χ2v) is 7.58. The van der Waals surface area contributed by atoms with Crippen molar-refractivity contribution in [1.29, 1.82) is 0 Å². The van der Waals surface area contributed by atoms with Crippen molar-refractivity contribution in [3.05, 3.63) is 82.3 Å². The van der Waals surface area contributed by atoms with Crippen molar-refractivity contribution in [1.82, 2.24) is 14.9 Å². The molecule has 1 aromatic carbocycles. The number of nitrogens with zero attached hydrogens (tertiary/aromatic N) is 3. The Morgan fingerprint density at radius 1 is 1.25 bits per heavy atom. The minimum absolute atomic E-state index is 0.0667. The number of aromatic nitrogens is 2. The Morgan fingerprint density at radius 3 is 2.93 bits per heavy atom. The molecule has 0 aliphatic carbocycles. The summed E-state index contributed by atoms with van der Waals surface area (Å²) in [7, 11) is 0. The van der Waals surface area contributed by atoms with Crippen molar-refractivity contribution in [2.24, 2.45) is 0 Å². The lowest BCUT2D eigenvalue weighted by Gasteiger charge is -2.33. The van der Waals surface area contributed by atoms with E-state index in [0.717, 1.165) is 36.3 Å². The highest BCUT2D eigenvalue weighted by atomic mass is 35.5. The zero-order valence-corrected chi connectivity index (χ0v) is 16.5. The van der Waals surface area contributed by atoms with Crippen molar-refractivity contribution in [2.75, 3.05) is 6.54 Å². The van der Waals surface area contributed by atoms with Crippen LogP contribution < -0.4 is 0 Å². The Bertz CT molecular complexity index is 985. The maximum absolute atomic E-state index is 13.1. The van der Waals surface area contributed by atoms with Gasteiger partial charge < -0.3 is 9.32 Å². The molecular weight excluding hydrogens is 374 g/mol. The topological polar surface area (TPSA) is 59.2 Å². The number of amides is 1. The van der Waals surface area contributed by atoms with Crippen LogP contribution in [-0.2, 0) is 6.42 Å². The molecule has 144 valence electrons. The summed E-state index contributed by atoms with van der Waals surface area (Å²) < 4.78 is 6.04. The Balaban J connectivity index is 1.55. The largest absolute Gasteiger partial charge is 0.443 e. The summed E-state index contributed by atoms with van der Waals surface area (Å²) in [6.45, 7) is 2.58. The standard InChI is InChI=1S/C22H22ClN3O2/c1-15-6-4-9-19(25-15)22(27)26-11-3-2-10-20(26)21-24-14-18(28-21)13-16-7-5-8-17(23)12-16/h4-9,12,14,20H,2-3,10-11,13H2,1H3/t20-/m1/s1. The molecule has 28 heavy (non-hydrogen) atoms. The van der Waals surface area contributed by atoms with E-state index in [9.17, 15) is 4.79 Å². The summed E-state index contributed by atoms with van der Waals surface area (Å²) >= 11 is 6.06. The molecule has 3 heterocycles. The lowest BCUT2D eigenvalue weighted by molar-refractivity contribution is 0.0563. The fourth-order valence-corrected chi connectivity index (χ4v) is 3.86. The highest BCUT2D eigenvalue weighted by Crippen LogP contribution is 2.32. The highest BCUT2D eigenvalue weighted by molar-refractivity contribution is 6.30. The average Bonchev–Trinajstić information content (AvgIpc) is 3.16. The number of likely N-dealkylation sites (tertiary alicyclic amines) is 1. The summed E-state index contributed by atoms with van der Waals surface area (Å²) in [6, 6.07) is 13.1. The van der Waals surface area contributed by atoms with Crippen LogP contribution in [0.1, 0.15) is 58.7 Å². The van der Waals surface area contributed by atoms with Crippen LogP contribution in [0.15, 0.2) is 53.1 Å². The number of carbonyl (C=O) groups excluding carboxylic acids is 1. The minimum atomic E-state index is -0.156. The van der Waals surface area contributed by atoms with Gasteiger partial charge >= 0.3 is 0 Å². The van der Waals surface area contributed by atoms with Crippen molar-refractivity contribution in [3.8, 4) is 0 Å². The number of pyridine rings is 1. The van der Waals surface area contributed by atoms with E-state index >= 15 is 0 Å². The lowest BCUT2D eigenvalue weighted by atomic mass is 10.0. The molecule has 3 aromatic rings. The third kappa shape index (κ3) is 4.09. The van der Waals surface area contributed by atoms with Crippen LogP contribution in [-0.4, -0.2) is 27.3 Å². The number of benzene rings is 1. The SMILES string of the molecule is Cc1cccc(C(=O)N2CCCC[C@@H]2c2ncc(Cc3cccc(Cl)c3)o2)n1. The maximum Gasteiger partial charge on any atom is 0.273 e. The fourth-order valence-electron chi connectivity index (χ4n) is 3.65. The summed E-state index contributed by atoms with van der Waals surface area (Å²) in [4.78, 5) is 23.8. The summed E-state index contributed by atoms with van der Waals surface area (Å²) in [5.41, 5.74) is 2.37.